The van der Waals surface area contributed by atoms with Crippen LogP contribution in [0.2, 0.25) is 5.02 Å². The Balaban J connectivity index is 1.72. The minimum Gasteiger partial charge on any atom is -0.454 e. The molecule has 1 amide bonds. The fourth-order valence-electron chi connectivity index (χ4n) is 2.63. The first kappa shape index (κ1) is 13.5. The number of hydrogen-bond donors (Lipinski definition) is 2. The zero-order valence-electron chi connectivity index (χ0n) is 11.2. The van der Waals surface area contributed by atoms with E-state index in [2.05, 4.69) is 17.6 Å². The van der Waals surface area contributed by atoms with Gasteiger partial charge in [-0.1, -0.05) is 11.6 Å². The number of fused-ring (bicyclic) bond motifs is 1. The van der Waals surface area contributed by atoms with Crippen LogP contribution in [-0.4, -0.2) is 31.3 Å². The molecule has 1 saturated heterocycles. The molecule has 3 rings (SSSR count). The van der Waals surface area contributed by atoms with Gasteiger partial charge in [-0.15, -0.1) is 0 Å². The van der Waals surface area contributed by atoms with E-state index >= 15 is 0 Å². The van der Waals surface area contributed by atoms with Gasteiger partial charge in [-0.2, -0.15) is 0 Å². The molecular weight excluding hydrogens is 280 g/mol. The summed E-state index contributed by atoms with van der Waals surface area (Å²) < 4.78 is 10.5. The molecule has 2 N–H and O–H groups in total. The van der Waals surface area contributed by atoms with Crippen molar-refractivity contribution in [2.45, 2.75) is 31.8 Å². The maximum Gasteiger partial charge on any atom is 0.251 e. The quantitative estimate of drug-likeness (QED) is 0.876. The van der Waals surface area contributed by atoms with E-state index in [-0.39, 0.29) is 18.7 Å². The van der Waals surface area contributed by atoms with Crippen molar-refractivity contribution in [2.24, 2.45) is 0 Å². The van der Waals surface area contributed by atoms with Crippen LogP contribution in [0.5, 0.6) is 11.5 Å². The number of carbonyl (C=O) groups excluding carboxylic acids is 1. The number of hydrogen-bond acceptors (Lipinski definition) is 4. The normalized spacial score (nSPS) is 24.5. The fourth-order valence-corrected chi connectivity index (χ4v) is 2.90. The first-order valence-electron chi connectivity index (χ1n) is 6.77. The van der Waals surface area contributed by atoms with Crippen molar-refractivity contribution in [3.63, 3.8) is 0 Å². The molecule has 0 spiro atoms. The van der Waals surface area contributed by atoms with Crippen molar-refractivity contribution in [1.29, 1.82) is 0 Å². The first-order chi connectivity index (χ1) is 9.63. The van der Waals surface area contributed by atoms with Gasteiger partial charge in [-0.25, -0.2) is 0 Å². The first-order valence-corrected chi connectivity index (χ1v) is 7.14. The van der Waals surface area contributed by atoms with Crippen molar-refractivity contribution in [3.05, 3.63) is 22.7 Å². The van der Waals surface area contributed by atoms with Crippen LogP contribution in [-0.2, 0) is 0 Å². The average molecular weight is 297 g/mol. The van der Waals surface area contributed by atoms with Crippen LogP contribution in [0, 0.1) is 0 Å². The largest absolute Gasteiger partial charge is 0.454 e. The summed E-state index contributed by atoms with van der Waals surface area (Å²) in [5.41, 5.74) is 0.505. The van der Waals surface area contributed by atoms with Crippen molar-refractivity contribution >= 4 is 17.5 Å². The molecule has 20 heavy (non-hydrogen) atoms. The lowest BCUT2D eigenvalue weighted by molar-refractivity contribution is 0.0925. The second-order valence-electron chi connectivity index (χ2n) is 5.24. The van der Waals surface area contributed by atoms with Gasteiger partial charge in [0.05, 0.1) is 5.02 Å². The van der Waals surface area contributed by atoms with Crippen molar-refractivity contribution in [3.8, 4) is 11.5 Å². The van der Waals surface area contributed by atoms with Crippen LogP contribution in [0.3, 0.4) is 0 Å². The van der Waals surface area contributed by atoms with Crippen LogP contribution < -0.4 is 20.1 Å². The Kier molecular flexibility index (Phi) is 3.72. The van der Waals surface area contributed by atoms with Gasteiger partial charge in [0.25, 0.3) is 5.91 Å². The van der Waals surface area contributed by atoms with E-state index in [9.17, 15) is 4.79 Å². The molecule has 0 saturated carbocycles. The highest BCUT2D eigenvalue weighted by atomic mass is 35.5. The number of carbonyl (C=O) groups is 1. The number of benzene rings is 1. The molecule has 6 heteroatoms. The van der Waals surface area contributed by atoms with E-state index in [0.717, 1.165) is 19.4 Å². The van der Waals surface area contributed by atoms with E-state index in [1.807, 2.05) is 0 Å². The second kappa shape index (κ2) is 5.50. The van der Waals surface area contributed by atoms with Gasteiger partial charge in [0.1, 0.15) is 0 Å². The SMILES string of the molecule is CC1CC(NC(=O)c2cc(Cl)c3c(c2)OCO3)CCN1. The summed E-state index contributed by atoms with van der Waals surface area (Å²) in [7, 11) is 0. The molecule has 108 valence electrons. The highest BCUT2D eigenvalue weighted by Crippen LogP contribution is 2.39. The average Bonchev–Trinajstić information content (AvgIpc) is 2.87. The lowest BCUT2D eigenvalue weighted by Gasteiger charge is -2.28. The van der Waals surface area contributed by atoms with Gasteiger partial charge >= 0.3 is 0 Å². The monoisotopic (exact) mass is 296 g/mol. The molecule has 0 aliphatic carbocycles. The smallest absolute Gasteiger partial charge is 0.251 e. The van der Waals surface area contributed by atoms with Crippen molar-refractivity contribution < 1.29 is 14.3 Å². The molecule has 1 aromatic carbocycles. The molecule has 1 aromatic rings. The lowest BCUT2D eigenvalue weighted by atomic mass is 10.0. The Morgan fingerprint density at radius 3 is 3.10 bits per heavy atom. The second-order valence-corrected chi connectivity index (χ2v) is 5.65. The minimum absolute atomic E-state index is 0.121. The number of nitrogens with one attached hydrogen (secondary N) is 2. The molecule has 1 fully saturated rings. The summed E-state index contributed by atoms with van der Waals surface area (Å²) >= 11 is 6.09. The molecule has 2 atom stereocenters. The fraction of sp³-hybridized carbons (Fsp3) is 0.500. The zero-order chi connectivity index (χ0) is 14.1. The standard InChI is InChI=1S/C14H17ClN2O3/c1-8-4-10(2-3-16-8)17-14(18)9-5-11(15)13-12(6-9)19-7-20-13/h5-6,8,10,16H,2-4,7H2,1H3,(H,17,18). The van der Waals surface area contributed by atoms with Gasteiger partial charge in [-0.3, -0.25) is 4.79 Å². The molecule has 0 aromatic heterocycles. The number of amides is 1. The van der Waals surface area contributed by atoms with Gasteiger partial charge in [0, 0.05) is 17.6 Å². The number of ether oxygens (including phenoxy) is 2. The Hall–Kier alpha value is -1.46. The summed E-state index contributed by atoms with van der Waals surface area (Å²) in [6, 6.07) is 3.92. The summed E-state index contributed by atoms with van der Waals surface area (Å²) in [4.78, 5) is 12.3. The van der Waals surface area contributed by atoms with Gasteiger partial charge < -0.3 is 20.1 Å². The highest BCUT2D eigenvalue weighted by Gasteiger charge is 2.23. The Morgan fingerprint density at radius 1 is 1.45 bits per heavy atom. The third-order valence-corrected chi connectivity index (χ3v) is 3.93. The van der Waals surface area contributed by atoms with E-state index in [1.165, 1.54) is 0 Å². The number of rotatable bonds is 2. The number of halogens is 1. The highest BCUT2D eigenvalue weighted by molar-refractivity contribution is 6.32. The predicted molar refractivity (Wildman–Crippen MR) is 75.5 cm³/mol. The molecule has 2 heterocycles. The van der Waals surface area contributed by atoms with Crippen molar-refractivity contribution in [2.75, 3.05) is 13.3 Å². The Morgan fingerprint density at radius 2 is 2.30 bits per heavy atom. The third-order valence-electron chi connectivity index (χ3n) is 3.65. The zero-order valence-corrected chi connectivity index (χ0v) is 12.0. The number of piperidine rings is 1. The molecule has 2 aliphatic rings. The van der Waals surface area contributed by atoms with Crippen LogP contribution in [0.4, 0.5) is 0 Å². The molecule has 5 nitrogen and oxygen atoms in total. The summed E-state index contributed by atoms with van der Waals surface area (Å²) in [6.07, 6.45) is 1.87. The molecular formula is C14H17ClN2O3. The molecule has 2 unspecified atom stereocenters. The van der Waals surface area contributed by atoms with Crippen LogP contribution in [0.1, 0.15) is 30.1 Å². The maximum absolute atomic E-state index is 12.3. The lowest BCUT2D eigenvalue weighted by Crippen LogP contribution is -2.46. The van der Waals surface area contributed by atoms with Crippen LogP contribution in [0.15, 0.2) is 12.1 Å². The molecule has 0 radical (unpaired) electrons. The van der Waals surface area contributed by atoms with Gasteiger partial charge in [0.15, 0.2) is 11.5 Å². The van der Waals surface area contributed by atoms with Crippen LogP contribution in [0.25, 0.3) is 0 Å². The van der Waals surface area contributed by atoms with Crippen LogP contribution >= 0.6 is 11.6 Å². The van der Waals surface area contributed by atoms with E-state index in [0.29, 0.717) is 28.1 Å². The molecule has 0 bridgehead atoms. The van der Waals surface area contributed by atoms with E-state index in [1.54, 1.807) is 12.1 Å². The molecule has 2 aliphatic heterocycles. The van der Waals surface area contributed by atoms with Crippen molar-refractivity contribution in [1.82, 2.24) is 10.6 Å². The Labute approximate surface area is 122 Å². The summed E-state index contributed by atoms with van der Waals surface area (Å²) in [5, 5.41) is 6.82. The maximum atomic E-state index is 12.3. The predicted octanol–water partition coefficient (Wildman–Crippen LogP) is 1.94. The summed E-state index contributed by atoms with van der Waals surface area (Å²) in [5.74, 6) is 0.921. The van der Waals surface area contributed by atoms with E-state index < -0.39 is 0 Å². The van der Waals surface area contributed by atoms with E-state index in [4.69, 9.17) is 21.1 Å². The third kappa shape index (κ3) is 2.69. The minimum atomic E-state index is -0.121. The topological polar surface area (TPSA) is 59.6 Å². The Bertz CT molecular complexity index is 535. The summed E-state index contributed by atoms with van der Waals surface area (Å²) in [6.45, 7) is 3.19. The van der Waals surface area contributed by atoms with Gasteiger partial charge in [-0.05, 0) is 38.4 Å². The van der Waals surface area contributed by atoms with Gasteiger partial charge in [0.2, 0.25) is 6.79 Å².